The Morgan fingerprint density at radius 1 is 1.47 bits per heavy atom. The Balaban J connectivity index is 0.000000288. The summed E-state index contributed by atoms with van der Waals surface area (Å²) in [6.07, 6.45) is 3.72. The molecule has 0 spiro atoms. The smallest absolute Gasteiger partial charge is 0.414 e. The summed E-state index contributed by atoms with van der Waals surface area (Å²) in [5.74, 6) is -2.62. The maximum Gasteiger partial charge on any atom is 0.414 e. The molecule has 0 bridgehead atoms. The third-order valence-corrected chi connectivity index (χ3v) is 1.48. The van der Waals surface area contributed by atoms with Gasteiger partial charge in [-0.3, -0.25) is 0 Å². The normalized spacial score (nSPS) is 8.93. The van der Waals surface area contributed by atoms with Crippen LogP contribution in [0.1, 0.15) is 5.82 Å². The van der Waals surface area contributed by atoms with Gasteiger partial charge in [0, 0.05) is 25.5 Å². The number of imidazole rings is 1. The highest BCUT2D eigenvalue weighted by Gasteiger charge is 2.04. The zero-order chi connectivity index (χ0) is 11.8. The maximum absolute atomic E-state index is 9.10. The van der Waals surface area contributed by atoms with Crippen LogP contribution < -0.4 is 5.73 Å². The zero-order valence-corrected chi connectivity index (χ0v) is 8.25. The summed E-state index contributed by atoms with van der Waals surface area (Å²) < 4.78 is 2.03. The van der Waals surface area contributed by atoms with E-state index in [1.165, 1.54) is 0 Å². The average Bonchev–Trinajstić information content (AvgIpc) is 2.53. The van der Waals surface area contributed by atoms with E-state index in [1.807, 2.05) is 17.7 Å². The molecular weight excluding hydrogens is 202 g/mol. The van der Waals surface area contributed by atoms with Gasteiger partial charge in [-0.1, -0.05) is 0 Å². The Hall–Kier alpha value is -1.89. The quantitative estimate of drug-likeness (QED) is 0.561. The lowest BCUT2D eigenvalue weighted by atomic mass is 10.6. The van der Waals surface area contributed by atoms with Crippen molar-refractivity contribution < 1.29 is 19.8 Å². The minimum atomic E-state index is -1.82. The summed E-state index contributed by atoms with van der Waals surface area (Å²) in [5, 5.41) is 14.8. The number of nitrogens with zero attached hydrogens (tertiary/aromatic N) is 2. The second-order valence-corrected chi connectivity index (χ2v) is 2.57. The van der Waals surface area contributed by atoms with Gasteiger partial charge in [0.1, 0.15) is 5.82 Å². The standard InChI is InChI=1S/C6H11N3.C2H2O4/c1-6-8-3-5-9(6)4-2-7;3-1(4)2(5)6/h3,5H,2,4,7H2,1H3;(H,3,4)(H,5,6). The first-order chi connectivity index (χ1) is 6.99. The van der Waals surface area contributed by atoms with Crippen LogP contribution in [0, 0.1) is 6.92 Å². The fourth-order valence-corrected chi connectivity index (χ4v) is 0.779. The maximum atomic E-state index is 9.10. The Kier molecular flexibility index (Phi) is 5.72. The summed E-state index contributed by atoms with van der Waals surface area (Å²) in [6.45, 7) is 3.51. The molecule has 1 aromatic rings. The Labute approximate surface area is 86.2 Å². The third-order valence-electron chi connectivity index (χ3n) is 1.48. The number of hydrogen-bond acceptors (Lipinski definition) is 4. The van der Waals surface area contributed by atoms with Crippen molar-refractivity contribution >= 4 is 11.9 Å². The molecule has 0 fully saturated rings. The number of carbonyl (C=O) groups is 2. The molecular formula is C8H13N3O4. The van der Waals surface area contributed by atoms with E-state index in [4.69, 9.17) is 25.5 Å². The van der Waals surface area contributed by atoms with E-state index < -0.39 is 11.9 Å². The molecule has 1 rings (SSSR count). The molecule has 0 aromatic carbocycles. The molecule has 4 N–H and O–H groups in total. The Morgan fingerprint density at radius 2 is 2.00 bits per heavy atom. The lowest BCUT2D eigenvalue weighted by Crippen LogP contribution is -2.09. The van der Waals surface area contributed by atoms with E-state index in [9.17, 15) is 0 Å². The number of aliphatic carboxylic acids is 2. The van der Waals surface area contributed by atoms with Gasteiger partial charge in [-0.15, -0.1) is 0 Å². The monoisotopic (exact) mass is 215 g/mol. The highest BCUT2D eigenvalue weighted by Crippen LogP contribution is 1.92. The van der Waals surface area contributed by atoms with Crippen LogP contribution >= 0.6 is 0 Å². The number of aryl methyl sites for hydroxylation is 1. The second-order valence-electron chi connectivity index (χ2n) is 2.57. The van der Waals surface area contributed by atoms with Crippen LogP contribution in [0.25, 0.3) is 0 Å². The summed E-state index contributed by atoms with van der Waals surface area (Å²) in [6, 6.07) is 0. The number of carboxylic acids is 2. The molecule has 0 radical (unpaired) electrons. The van der Waals surface area contributed by atoms with Gasteiger partial charge in [0.2, 0.25) is 0 Å². The van der Waals surface area contributed by atoms with Crippen LogP contribution in [0.4, 0.5) is 0 Å². The van der Waals surface area contributed by atoms with Crippen molar-refractivity contribution in [2.24, 2.45) is 5.73 Å². The summed E-state index contributed by atoms with van der Waals surface area (Å²) in [4.78, 5) is 22.2. The molecule has 1 heterocycles. The van der Waals surface area contributed by atoms with Crippen LogP contribution in [0.2, 0.25) is 0 Å². The van der Waals surface area contributed by atoms with E-state index in [-0.39, 0.29) is 0 Å². The van der Waals surface area contributed by atoms with Crippen molar-refractivity contribution in [3.05, 3.63) is 18.2 Å². The van der Waals surface area contributed by atoms with Crippen molar-refractivity contribution in [2.45, 2.75) is 13.5 Å². The first-order valence-corrected chi connectivity index (χ1v) is 4.13. The van der Waals surface area contributed by atoms with E-state index in [0.717, 1.165) is 12.4 Å². The highest BCUT2D eigenvalue weighted by molar-refractivity contribution is 6.27. The topological polar surface area (TPSA) is 118 Å². The van der Waals surface area contributed by atoms with E-state index in [0.29, 0.717) is 6.54 Å². The van der Waals surface area contributed by atoms with Gasteiger partial charge in [-0.25, -0.2) is 14.6 Å². The van der Waals surface area contributed by atoms with E-state index in [1.54, 1.807) is 6.20 Å². The molecule has 0 aliphatic heterocycles. The van der Waals surface area contributed by atoms with Gasteiger partial charge in [-0.2, -0.15) is 0 Å². The highest BCUT2D eigenvalue weighted by atomic mass is 16.4. The first-order valence-electron chi connectivity index (χ1n) is 4.13. The van der Waals surface area contributed by atoms with Gasteiger partial charge in [-0.05, 0) is 6.92 Å². The van der Waals surface area contributed by atoms with Gasteiger partial charge in [0.05, 0.1) is 0 Å². The van der Waals surface area contributed by atoms with Crippen LogP contribution in [-0.4, -0.2) is 38.2 Å². The summed E-state index contributed by atoms with van der Waals surface area (Å²) >= 11 is 0. The largest absolute Gasteiger partial charge is 0.473 e. The van der Waals surface area contributed by atoms with Crippen molar-refractivity contribution in [3.63, 3.8) is 0 Å². The predicted molar refractivity (Wildman–Crippen MR) is 51.3 cm³/mol. The fourth-order valence-electron chi connectivity index (χ4n) is 0.779. The van der Waals surface area contributed by atoms with Crippen LogP contribution in [0.5, 0.6) is 0 Å². The van der Waals surface area contributed by atoms with E-state index in [2.05, 4.69) is 4.98 Å². The van der Waals surface area contributed by atoms with Gasteiger partial charge >= 0.3 is 11.9 Å². The van der Waals surface area contributed by atoms with Crippen molar-refractivity contribution in [3.8, 4) is 0 Å². The van der Waals surface area contributed by atoms with Crippen LogP contribution in [0.3, 0.4) is 0 Å². The average molecular weight is 215 g/mol. The molecule has 0 aliphatic carbocycles. The second kappa shape index (κ2) is 6.55. The Bertz CT molecular complexity index is 322. The minimum absolute atomic E-state index is 0.678. The van der Waals surface area contributed by atoms with Gasteiger partial charge in [0.25, 0.3) is 0 Å². The third kappa shape index (κ3) is 5.42. The molecule has 1 aromatic heterocycles. The van der Waals surface area contributed by atoms with Gasteiger partial charge in [0.15, 0.2) is 0 Å². The number of nitrogens with two attached hydrogens (primary N) is 1. The van der Waals surface area contributed by atoms with Crippen molar-refractivity contribution in [1.29, 1.82) is 0 Å². The molecule has 7 heteroatoms. The number of rotatable bonds is 2. The van der Waals surface area contributed by atoms with Crippen molar-refractivity contribution in [2.75, 3.05) is 6.54 Å². The molecule has 0 atom stereocenters. The van der Waals surface area contributed by atoms with Crippen LogP contribution in [-0.2, 0) is 16.1 Å². The summed E-state index contributed by atoms with van der Waals surface area (Å²) in [5.41, 5.74) is 5.34. The molecule has 0 aliphatic rings. The van der Waals surface area contributed by atoms with Crippen LogP contribution in [0.15, 0.2) is 12.4 Å². The first kappa shape index (κ1) is 13.1. The van der Waals surface area contributed by atoms with Crippen molar-refractivity contribution in [1.82, 2.24) is 9.55 Å². The SMILES string of the molecule is Cc1nccn1CCN.O=C(O)C(=O)O. The molecule has 0 amide bonds. The molecule has 15 heavy (non-hydrogen) atoms. The number of carboxylic acid groups (broad SMARTS) is 2. The minimum Gasteiger partial charge on any atom is -0.473 e. The molecule has 0 unspecified atom stereocenters. The lowest BCUT2D eigenvalue weighted by Gasteiger charge is -1.99. The molecule has 0 saturated heterocycles. The Morgan fingerprint density at radius 3 is 2.27 bits per heavy atom. The zero-order valence-electron chi connectivity index (χ0n) is 8.25. The lowest BCUT2D eigenvalue weighted by molar-refractivity contribution is -0.159. The molecule has 7 nitrogen and oxygen atoms in total. The molecule has 84 valence electrons. The van der Waals surface area contributed by atoms with Gasteiger partial charge < -0.3 is 20.5 Å². The number of aromatic nitrogens is 2. The molecule has 0 saturated carbocycles. The summed E-state index contributed by atoms with van der Waals surface area (Å²) in [7, 11) is 0. The predicted octanol–water partition coefficient (Wildman–Crippen LogP) is -0.694. The fraction of sp³-hybridized carbons (Fsp3) is 0.375. The van der Waals surface area contributed by atoms with E-state index >= 15 is 0 Å². The number of hydrogen-bond donors (Lipinski definition) is 3.